The third kappa shape index (κ3) is 5.55. The minimum absolute atomic E-state index is 0.100. The molecule has 1 aliphatic carbocycles. The predicted octanol–water partition coefficient (Wildman–Crippen LogP) is 1.89. The average Bonchev–Trinajstić information content (AvgIpc) is 3.27. The maximum Gasteiger partial charge on any atom is 0.224 e. The second-order valence-corrected chi connectivity index (χ2v) is 5.48. The standard InChI is InChI=1S/C16H21N3O3/c1-11(20)18-13-4-2-5-14(10-13)19-15(21)6-3-9-17-16(22)12-7-8-12/h2,4-5,10,12H,3,6-9H2,1H3,(H,17,22)(H,18,20)(H,19,21). The van der Waals surface area contributed by atoms with Gasteiger partial charge < -0.3 is 16.0 Å². The lowest BCUT2D eigenvalue weighted by Gasteiger charge is -2.08. The first-order valence-electron chi connectivity index (χ1n) is 7.50. The van der Waals surface area contributed by atoms with Crippen LogP contribution in [0.3, 0.4) is 0 Å². The van der Waals surface area contributed by atoms with Crippen molar-refractivity contribution in [2.75, 3.05) is 17.2 Å². The van der Waals surface area contributed by atoms with Gasteiger partial charge in [-0.1, -0.05) is 6.07 Å². The fourth-order valence-corrected chi connectivity index (χ4v) is 2.05. The van der Waals surface area contributed by atoms with Gasteiger partial charge in [0.25, 0.3) is 0 Å². The molecule has 0 saturated heterocycles. The number of anilines is 2. The van der Waals surface area contributed by atoms with Crippen LogP contribution in [0.1, 0.15) is 32.6 Å². The average molecular weight is 303 g/mol. The molecule has 0 bridgehead atoms. The molecule has 1 saturated carbocycles. The first kappa shape index (κ1) is 16.0. The summed E-state index contributed by atoms with van der Waals surface area (Å²) in [4.78, 5) is 34.2. The van der Waals surface area contributed by atoms with Gasteiger partial charge in [0.1, 0.15) is 0 Å². The normalized spacial score (nSPS) is 13.3. The summed E-state index contributed by atoms with van der Waals surface area (Å²) in [5.74, 6) is 0.0317. The number of hydrogen-bond donors (Lipinski definition) is 3. The Morgan fingerprint density at radius 3 is 2.45 bits per heavy atom. The lowest BCUT2D eigenvalue weighted by Crippen LogP contribution is -2.26. The van der Waals surface area contributed by atoms with Crippen LogP contribution in [0.4, 0.5) is 11.4 Å². The summed E-state index contributed by atoms with van der Waals surface area (Å²) in [5, 5.41) is 8.27. The Morgan fingerprint density at radius 1 is 1.14 bits per heavy atom. The Morgan fingerprint density at radius 2 is 1.82 bits per heavy atom. The molecule has 6 heteroatoms. The Labute approximate surface area is 129 Å². The van der Waals surface area contributed by atoms with Crippen LogP contribution >= 0.6 is 0 Å². The highest BCUT2D eigenvalue weighted by Gasteiger charge is 2.28. The van der Waals surface area contributed by atoms with E-state index in [0.717, 1.165) is 12.8 Å². The molecule has 22 heavy (non-hydrogen) atoms. The topological polar surface area (TPSA) is 87.3 Å². The lowest BCUT2D eigenvalue weighted by atomic mass is 10.2. The van der Waals surface area contributed by atoms with Crippen molar-refractivity contribution < 1.29 is 14.4 Å². The molecule has 0 unspecified atom stereocenters. The highest BCUT2D eigenvalue weighted by atomic mass is 16.2. The first-order chi connectivity index (χ1) is 10.5. The van der Waals surface area contributed by atoms with Crippen molar-refractivity contribution >= 4 is 29.1 Å². The van der Waals surface area contributed by atoms with Crippen LogP contribution in [0.15, 0.2) is 24.3 Å². The molecule has 3 amide bonds. The van der Waals surface area contributed by atoms with Gasteiger partial charge in [-0.05, 0) is 37.5 Å². The molecular formula is C16H21N3O3. The smallest absolute Gasteiger partial charge is 0.224 e. The van der Waals surface area contributed by atoms with Crippen LogP contribution in [0, 0.1) is 5.92 Å². The van der Waals surface area contributed by atoms with Crippen molar-refractivity contribution in [1.82, 2.24) is 5.32 Å². The Hall–Kier alpha value is -2.37. The fraction of sp³-hybridized carbons (Fsp3) is 0.438. The Bertz CT molecular complexity index is 568. The zero-order chi connectivity index (χ0) is 15.9. The second kappa shape index (κ2) is 7.59. The number of hydrogen-bond acceptors (Lipinski definition) is 3. The van der Waals surface area contributed by atoms with Crippen LogP contribution in [-0.4, -0.2) is 24.3 Å². The molecule has 2 rings (SSSR count). The van der Waals surface area contributed by atoms with E-state index in [1.54, 1.807) is 24.3 Å². The molecule has 0 aromatic heterocycles. The summed E-state index contributed by atoms with van der Waals surface area (Å²) in [6.45, 7) is 1.95. The van der Waals surface area contributed by atoms with E-state index in [0.29, 0.717) is 30.8 Å². The summed E-state index contributed by atoms with van der Waals surface area (Å²) < 4.78 is 0. The molecule has 1 aromatic carbocycles. The van der Waals surface area contributed by atoms with Crippen molar-refractivity contribution in [1.29, 1.82) is 0 Å². The van der Waals surface area contributed by atoms with Gasteiger partial charge in [0, 0.05) is 37.2 Å². The Kier molecular flexibility index (Phi) is 5.52. The number of carbonyl (C=O) groups excluding carboxylic acids is 3. The van der Waals surface area contributed by atoms with E-state index in [1.807, 2.05) is 0 Å². The van der Waals surface area contributed by atoms with Crippen molar-refractivity contribution in [3.05, 3.63) is 24.3 Å². The maximum absolute atomic E-state index is 11.8. The van der Waals surface area contributed by atoms with E-state index < -0.39 is 0 Å². The Balaban J connectivity index is 1.69. The van der Waals surface area contributed by atoms with Crippen LogP contribution < -0.4 is 16.0 Å². The van der Waals surface area contributed by atoms with Crippen LogP contribution in [0.5, 0.6) is 0 Å². The number of amides is 3. The number of benzene rings is 1. The highest BCUT2D eigenvalue weighted by Crippen LogP contribution is 2.28. The molecule has 3 N–H and O–H groups in total. The van der Waals surface area contributed by atoms with Crippen molar-refractivity contribution in [2.45, 2.75) is 32.6 Å². The van der Waals surface area contributed by atoms with Gasteiger partial charge in [-0.25, -0.2) is 0 Å². The van der Waals surface area contributed by atoms with E-state index in [4.69, 9.17) is 0 Å². The SMILES string of the molecule is CC(=O)Nc1cccc(NC(=O)CCCNC(=O)C2CC2)c1. The van der Waals surface area contributed by atoms with E-state index in [1.165, 1.54) is 6.92 Å². The molecule has 0 heterocycles. The lowest BCUT2D eigenvalue weighted by molar-refractivity contribution is -0.122. The van der Waals surface area contributed by atoms with Gasteiger partial charge in [-0.2, -0.15) is 0 Å². The minimum atomic E-state index is -0.158. The molecule has 118 valence electrons. The predicted molar refractivity (Wildman–Crippen MR) is 84.3 cm³/mol. The maximum atomic E-state index is 11.8. The quantitative estimate of drug-likeness (QED) is 0.672. The van der Waals surface area contributed by atoms with Crippen LogP contribution in [-0.2, 0) is 14.4 Å². The molecule has 1 aromatic rings. The van der Waals surface area contributed by atoms with Crippen molar-refractivity contribution in [2.24, 2.45) is 5.92 Å². The summed E-state index contributed by atoms with van der Waals surface area (Å²) in [5.41, 5.74) is 1.28. The third-order valence-electron chi connectivity index (χ3n) is 3.29. The summed E-state index contributed by atoms with van der Waals surface area (Å²) >= 11 is 0. The van der Waals surface area contributed by atoms with E-state index in [9.17, 15) is 14.4 Å². The fourth-order valence-electron chi connectivity index (χ4n) is 2.05. The van der Waals surface area contributed by atoms with E-state index in [2.05, 4.69) is 16.0 Å². The molecule has 0 atom stereocenters. The van der Waals surface area contributed by atoms with Crippen LogP contribution in [0.2, 0.25) is 0 Å². The molecule has 0 radical (unpaired) electrons. The van der Waals surface area contributed by atoms with Gasteiger partial charge in [-0.15, -0.1) is 0 Å². The monoisotopic (exact) mass is 303 g/mol. The van der Waals surface area contributed by atoms with Gasteiger partial charge >= 0.3 is 0 Å². The third-order valence-corrected chi connectivity index (χ3v) is 3.29. The number of rotatable bonds is 7. The molecule has 6 nitrogen and oxygen atoms in total. The van der Waals surface area contributed by atoms with E-state index >= 15 is 0 Å². The molecule has 0 aliphatic heterocycles. The van der Waals surface area contributed by atoms with Crippen molar-refractivity contribution in [3.63, 3.8) is 0 Å². The summed E-state index contributed by atoms with van der Waals surface area (Å²) in [7, 11) is 0. The zero-order valence-electron chi connectivity index (χ0n) is 12.6. The summed E-state index contributed by atoms with van der Waals surface area (Å²) in [6.07, 6.45) is 2.92. The summed E-state index contributed by atoms with van der Waals surface area (Å²) in [6, 6.07) is 6.98. The highest BCUT2D eigenvalue weighted by molar-refractivity contribution is 5.93. The van der Waals surface area contributed by atoms with Gasteiger partial charge in [0.15, 0.2) is 0 Å². The largest absolute Gasteiger partial charge is 0.356 e. The van der Waals surface area contributed by atoms with Gasteiger partial charge in [-0.3, -0.25) is 14.4 Å². The minimum Gasteiger partial charge on any atom is -0.356 e. The van der Waals surface area contributed by atoms with Crippen molar-refractivity contribution in [3.8, 4) is 0 Å². The number of nitrogens with one attached hydrogen (secondary N) is 3. The number of carbonyl (C=O) groups is 3. The zero-order valence-corrected chi connectivity index (χ0v) is 12.6. The van der Waals surface area contributed by atoms with Gasteiger partial charge in [0.05, 0.1) is 0 Å². The van der Waals surface area contributed by atoms with Crippen LogP contribution in [0.25, 0.3) is 0 Å². The van der Waals surface area contributed by atoms with E-state index in [-0.39, 0.29) is 23.6 Å². The molecule has 1 fully saturated rings. The first-order valence-corrected chi connectivity index (χ1v) is 7.50. The second-order valence-electron chi connectivity index (χ2n) is 5.48. The molecular weight excluding hydrogens is 282 g/mol. The molecule has 1 aliphatic rings. The molecule has 0 spiro atoms. The van der Waals surface area contributed by atoms with Gasteiger partial charge in [0.2, 0.25) is 17.7 Å².